The van der Waals surface area contributed by atoms with Crippen molar-refractivity contribution in [2.24, 2.45) is 0 Å². The fraction of sp³-hybridized carbons (Fsp3) is 0.350. The van der Waals surface area contributed by atoms with Crippen LogP contribution in [0.25, 0.3) is 11.0 Å². The molecular formula is C20H22N4O. The molecule has 1 fully saturated rings. The first-order valence-corrected chi connectivity index (χ1v) is 8.87. The van der Waals surface area contributed by atoms with Crippen LogP contribution in [0.3, 0.4) is 0 Å². The number of fused-ring (bicyclic) bond motifs is 1. The van der Waals surface area contributed by atoms with Gasteiger partial charge in [-0.25, -0.2) is 9.67 Å². The Morgan fingerprint density at radius 1 is 1.28 bits per heavy atom. The number of nitrogens with one attached hydrogen (secondary N) is 1. The highest BCUT2D eigenvalue weighted by atomic mass is 16.2. The molecule has 2 heterocycles. The Kier molecular flexibility index (Phi) is 3.99. The second-order valence-corrected chi connectivity index (χ2v) is 6.67. The predicted molar refractivity (Wildman–Crippen MR) is 98.7 cm³/mol. The van der Waals surface area contributed by atoms with Crippen molar-refractivity contribution in [2.45, 2.75) is 45.6 Å². The molecule has 1 aliphatic rings. The van der Waals surface area contributed by atoms with E-state index in [1.807, 2.05) is 37.4 Å². The van der Waals surface area contributed by atoms with Gasteiger partial charge in [-0.1, -0.05) is 25.1 Å². The third kappa shape index (κ3) is 3.02. The molecule has 3 aromatic rings. The Morgan fingerprint density at radius 3 is 2.84 bits per heavy atom. The number of para-hydroxylation sites is 1. The third-order valence-electron chi connectivity index (χ3n) is 4.82. The van der Waals surface area contributed by atoms with Gasteiger partial charge in [-0.05, 0) is 55.4 Å². The fourth-order valence-corrected chi connectivity index (χ4v) is 3.43. The number of benzene rings is 1. The molecule has 4 rings (SSSR count). The van der Waals surface area contributed by atoms with Crippen LogP contribution in [0, 0.1) is 6.92 Å². The van der Waals surface area contributed by atoms with Crippen LogP contribution >= 0.6 is 0 Å². The standard InChI is InChI=1S/C20H22N4O/c1-3-14-6-4-5-7-17(14)22-18(25)12-24-20-19(13(2)23-24)16(10-11-21-20)15-8-9-15/h4-7,10-11,15H,3,8-9,12H2,1-2H3,(H,22,25). The van der Waals surface area contributed by atoms with Crippen molar-refractivity contribution < 1.29 is 4.79 Å². The lowest BCUT2D eigenvalue weighted by atomic mass is 10.1. The maximum absolute atomic E-state index is 12.5. The molecule has 128 valence electrons. The summed E-state index contributed by atoms with van der Waals surface area (Å²) in [7, 11) is 0. The van der Waals surface area contributed by atoms with E-state index in [0.717, 1.165) is 34.4 Å². The molecule has 0 spiro atoms. The molecule has 1 amide bonds. The maximum Gasteiger partial charge on any atom is 0.246 e. The third-order valence-corrected chi connectivity index (χ3v) is 4.82. The largest absolute Gasteiger partial charge is 0.324 e. The highest BCUT2D eigenvalue weighted by Gasteiger charge is 2.27. The molecule has 0 aliphatic heterocycles. The number of carbonyl (C=O) groups excluding carboxylic acids is 1. The summed E-state index contributed by atoms with van der Waals surface area (Å²) in [5, 5.41) is 8.70. The van der Waals surface area contributed by atoms with Crippen LogP contribution < -0.4 is 5.32 Å². The Balaban J connectivity index is 1.60. The van der Waals surface area contributed by atoms with E-state index in [1.165, 1.54) is 18.4 Å². The van der Waals surface area contributed by atoms with E-state index in [9.17, 15) is 4.79 Å². The molecule has 1 aromatic carbocycles. The van der Waals surface area contributed by atoms with Gasteiger partial charge < -0.3 is 5.32 Å². The summed E-state index contributed by atoms with van der Waals surface area (Å²) in [6, 6.07) is 9.99. The van der Waals surface area contributed by atoms with Crippen molar-refractivity contribution in [3.63, 3.8) is 0 Å². The van der Waals surface area contributed by atoms with Gasteiger partial charge in [0.25, 0.3) is 0 Å². The number of nitrogens with zero attached hydrogens (tertiary/aromatic N) is 3. The first-order chi connectivity index (χ1) is 12.2. The Labute approximate surface area is 147 Å². The van der Waals surface area contributed by atoms with Crippen LogP contribution in [0.2, 0.25) is 0 Å². The van der Waals surface area contributed by atoms with Crippen molar-refractivity contribution in [1.82, 2.24) is 14.8 Å². The summed E-state index contributed by atoms with van der Waals surface area (Å²) >= 11 is 0. The summed E-state index contributed by atoms with van der Waals surface area (Å²) in [5.41, 5.74) is 5.08. The second-order valence-electron chi connectivity index (χ2n) is 6.67. The van der Waals surface area contributed by atoms with Gasteiger partial charge in [0.15, 0.2) is 5.65 Å². The number of pyridine rings is 1. The molecule has 1 N–H and O–H groups in total. The molecule has 5 nitrogen and oxygen atoms in total. The van der Waals surface area contributed by atoms with E-state index in [1.54, 1.807) is 4.68 Å². The normalized spacial score (nSPS) is 14.0. The SMILES string of the molecule is CCc1ccccc1NC(=O)Cn1nc(C)c2c(C3CC3)ccnc21. The summed E-state index contributed by atoms with van der Waals surface area (Å²) in [6.45, 7) is 4.25. The van der Waals surface area contributed by atoms with Gasteiger partial charge in [0.05, 0.1) is 5.69 Å². The minimum absolute atomic E-state index is 0.0797. The molecule has 0 atom stereocenters. The Bertz CT molecular complexity index is 940. The van der Waals surface area contributed by atoms with Crippen LogP contribution in [0.15, 0.2) is 36.5 Å². The van der Waals surface area contributed by atoms with E-state index < -0.39 is 0 Å². The van der Waals surface area contributed by atoms with E-state index in [2.05, 4.69) is 28.4 Å². The molecule has 0 radical (unpaired) electrons. The molecule has 25 heavy (non-hydrogen) atoms. The zero-order valence-electron chi connectivity index (χ0n) is 14.6. The first kappa shape index (κ1) is 15.8. The molecular weight excluding hydrogens is 312 g/mol. The lowest BCUT2D eigenvalue weighted by Gasteiger charge is -2.10. The van der Waals surface area contributed by atoms with E-state index in [0.29, 0.717) is 5.92 Å². The van der Waals surface area contributed by atoms with Gasteiger partial charge in [-0.15, -0.1) is 0 Å². The fourth-order valence-electron chi connectivity index (χ4n) is 3.43. The minimum Gasteiger partial charge on any atom is -0.324 e. The number of anilines is 1. The monoisotopic (exact) mass is 334 g/mol. The number of aryl methyl sites for hydroxylation is 2. The van der Waals surface area contributed by atoms with E-state index in [4.69, 9.17) is 0 Å². The molecule has 0 unspecified atom stereocenters. The zero-order chi connectivity index (χ0) is 17.4. The van der Waals surface area contributed by atoms with Gasteiger partial charge in [0, 0.05) is 17.3 Å². The number of aromatic nitrogens is 3. The van der Waals surface area contributed by atoms with Gasteiger partial charge in [0.2, 0.25) is 5.91 Å². The molecule has 1 saturated carbocycles. The van der Waals surface area contributed by atoms with Crippen LogP contribution in [-0.2, 0) is 17.8 Å². The molecule has 2 aromatic heterocycles. The average molecular weight is 334 g/mol. The average Bonchev–Trinajstić information content (AvgIpc) is 3.41. The van der Waals surface area contributed by atoms with Crippen molar-refractivity contribution in [3.8, 4) is 0 Å². The summed E-state index contributed by atoms with van der Waals surface area (Å²) in [5.74, 6) is 0.552. The number of hydrogen-bond donors (Lipinski definition) is 1. The van der Waals surface area contributed by atoms with Crippen LogP contribution in [0.4, 0.5) is 5.69 Å². The molecule has 0 bridgehead atoms. The van der Waals surface area contributed by atoms with E-state index >= 15 is 0 Å². The summed E-state index contributed by atoms with van der Waals surface area (Å²) < 4.78 is 1.72. The quantitative estimate of drug-likeness (QED) is 0.771. The Hall–Kier alpha value is -2.69. The van der Waals surface area contributed by atoms with E-state index in [-0.39, 0.29) is 12.5 Å². The van der Waals surface area contributed by atoms with Gasteiger partial charge >= 0.3 is 0 Å². The highest BCUT2D eigenvalue weighted by molar-refractivity contribution is 5.92. The molecule has 1 aliphatic carbocycles. The highest BCUT2D eigenvalue weighted by Crippen LogP contribution is 2.43. The lowest BCUT2D eigenvalue weighted by Crippen LogP contribution is -2.20. The van der Waals surface area contributed by atoms with Crippen molar-refractivity contribution in [2.75, 3.05) is 5.32 Å². The molecule has 5 heteroatoms. The summed E-state index contributed by atoms with van der Waals surface area (Å²) in [4.78, 5) is 17.0. The minimum atomic E-state index is -0.0797. The number of amides is 1. The topological polar surface area (TPSA) is 59.8 Å². The number of hydrogen-bond acceptors (Lipinski definition) is 3. The molecule has 0 saturated heterocycles. The maximum atomic E-state index is 12.5. The number of rotatable bonds is 5. The van der Waals surface area contributed by atoms with Gasteiger partial charge in [-0.2, -0.15) is 5.10 Å². The van der Waals surface area contributed by atoms with Crippen molar-refractivity contribution in [1.29, 1.82) is 0 Å². The Morgan fingerprint density at radius 2 is 2.08 bits per heavy atom. The zero-order valence-corrected chi connectivity index (χ0v) is 14.6. The van der Waals surface area contributed by atoms with Crippen molar-refractivity contribution in [3.05, 3.63) is 53.3 Å². The second kappa shape index (κ2) is 6.31. The van der Waals surface area contributed by atoms with Crippen LogP contribution in [-0.4, -0.2) is 20.7 Å². The summed E-state index contributed by atoms with van der Waals surface area (Å²) in [6.07, 6.45) is 5.18. The van der Waals surface area contributed by atoms with Gasteiger partial charge in [-0.3, -0.25) is 4.79 Å². The van der Waals surface area contributed by atoms with Gasteiger partial charge in [0.1, 0.15) is 6.54 Å². The van der Waals surface area contributed by atoms with Crippen LogP contribution in [0.1, 0.15) is 42.5 Å². The van der Waals surface area contributed by atoms with Crippen LogP contribution in [0.5, 0.6) is 0 Å². The predicted octanol–water partition coefficient (Wildman–Crippen LogP) is 3.82. The van der Waals surface area contributed by atoms with Crippen molar-refractivity contribution >= 4 is 22.6 Å². The first-order valence-electron chi connectivity index (χ1n) is 8.87. The number of carbonyl (C=O) groups is 1. The lowest BCUT2D eigenvalue weighted by molar-refractivity contribution is -0.116. The smallest absolute Gasteiger partial charge is 0.246 e.